The number of rotatable bonds is 8. The van der Waals surface area contributed by atoms with E-state index >= 15 is 0 Å². The molecule has 0 aromatic heterocycles. The summed E-state index contributed by atoms with van der Waals surface area (Å²) in [4.78, 5) is 0. The zero-order valence-electron chi connectivity index (χ0n) is 16.0. The second-order valence-corrected chi connectivity index (χ2v) is 14.2. The van der Waals surface area contributed by atoms with Crippen molar-refractivity contribution >= 4 is 0 Å². The molecular formula is C24H22F2O2Zr. The van der Waals surface area contributed by atoms with Gasteiger partial charge in [-0.05, 0) is 0 Å². The van der Waals surface area contributed by atoms with Crippen LogP contribution in [0.4, 0.5) is 8.78 Å². The van der Waals surface area contributed by atoms with E-state index in [1.54, 1.807) is 36.4 Å². The van der Waals surface area contributed by atoms with Crippen LogP contribution in [0.2, 0.25) is 0 Å². The van der Waals surface area contributed by atoms with Gasteiger partial charge in [-0.3, -0.25) is 0 Å². The third-order valence-corrected chi connectivity index (χ3v) is 13.6. The molecule has 2 aliphatic rings. The van der Waals surface area contributed by atoms with Gasteiger partial charge in [-0.15, -0.1) is 0 Å². The Morgan fingerprint density at radius 2 is 1.21 bits per heavy atom. The minimum absolute atomic E-state index is 0.548. The second kappa shape index (κ2) is 9.04. The standard InChI is InChI=1S/2C7H7FO.2C5H5.Zr/c2*8-5-6-2-1-3-7(9)4-6;2*1-2-4-5-3-1;/h2*1-4,9H,5H2;2*1-3H,4H2;/q;;;;+2/p-2. The number of allylic oxidation sites excluding steroid dienone is 8. The summed E-state index contributed by atoms with van der Waals surface area (Å²) in [6, 6.07) is 14.2. The van der Waals surface area contributed by atoms with Crippen molar-refractivity contribution in [1.82, 2.24) is 0 Å². The van der Waals surface area contributed by atoms with Gasteiger partial charge in [-0.1, -0.05) is 0 Å². The fourth-order valence-electron chi connectivity index (χ4n) is 3.59. The molecule has 0 atom stereocenters. The van der Waals surface area contributed by atoms with Gasteiger partial charge in [-0.25, -0.2) is 0 Å². The molecule has 29 heavy (non-hydrogen) atoms. The van der Waals surface area contributed by atoms with Gasteiger partial charge in [0, 0.05) is 0 Å². The Balaban J connectivity index is 1.79. The van der Waals surface area contributed by atoms with Crippen LogP contribution in [0, 0.1) is 0 Å². The number of halogens is 2. The maximum absolute atomic E-state index is 13.2. The zero-order valence-corrected chi connectivity index (χ0v) is 18.4. The molecule has 0 heterocycles. The van der Waals surface area contributed by atoms with Crippen LogP contribution in [0.5, 0.6) is 11.5 Å². The first-order valence-electron chi connectivity index (χ1n) is 9.64. The summed E-state index contributed by atoms with van der Waals surface area (Å²) in [6.07, 6.45) is 13.9. The normalized spacial score (nSPS) is 15.4. The molecular weight excluding hydrogens is 449 g/mol. The third-order valence-electron chi connectivity index (χ3n) is 5.02. The molecule has 0 spiro atoms. The first-order chi connectivity index (χ1) is 14.2. The number of hydrogen-bond donors (Lipinski definition) is 0. The van der Waals surface area contributed by atoms with Crippen molar-refractivity contribution in [3.05, 3.63) is 103 Å². The molecule has 4 rings (SSSR count). The summed E-state index contributed by atoms with van der Waals surface area (Å²) in [5.74, 6) is 1.22. The summed E-state index contributed by atoms with van der Waals surface area (Å²) in [5.41, 5.74) is 1.14. The molecule has 148 valence electrons. The zero-order chi connectivity index (χ0) is 20.1. The van der Waals surface area contributed by atoms with Gasteiger partial charge >= 0.3 is 176 Å². The van der Waals surface area contributed by atoms with Crippen molar-refractivity contribution in [3.8, 4) is 11.5 Å². The average molecular weight is 472 g/mol. The molecule has 2 aromatic rings. The summed E-state index contributed by atoms with van der Waals surface area (Å²) in [5, 5.41) is 0. The van der Waals surface area contributed by atoms with E-state index in [2.05, 4.69) is 24.3 Å². The molecule has 0 saturated carbocycles. The van der Waals surface area contributed by atoms with E-state index in [0.29, 0.717) is 22.6 Å². The first kappa shape index (κ1) is 20.0. The van der Waals surface area contributed by atoms with Crippen LogP contribution in [0.25, 0.3) is 0 Å². The molecule has 0 unspecified atom stereocenters. The Morgan fingerprint density at radius 1 is 0.724 bits per heavy atom. The Labute approximate surface area is 175 Å². The van der Waals surface area contributed by atoms with Gasteiger partial charge in [0.2, 0.25) is 0 Å². The number of benzene rings is 2. The maximum atomic E-state index is 13.2. The van der Waals surface area contributed by atoms with Crippen molar-refractivity contribution in [3.63, 3.8) is 0 Å². The fourth-order valence-corrected chi connectivity index (χ4v) is 11.7. The van der Waals surface area contributed by atoms with E-state index in [4.69, 9.17) is 5.63 Å². The van der Waals surface area contributed by atoms with Crippen LogP contribution < -0.4 is 5.63 Å². The van der Waals surface area contributed by atoms with Crippen LogP contribution in [-0.4, -0.2) is 0 Å². The van der Waals surface area contributed by atoms with Crippen LogP contribution in [0.15, 0.2) is 91.5 Å². The average Bonchev–Trinajstić information content (AvgIpc) is 3.48. The van der Waals surface area contributed by atoms with E-state index in [1.807, 2.05) is 24.3 Å². The predicted molar refractivity (Wildman–Crippen MR) is 107 cm³/mol. The van der Waals surface area contributed by atoms with Gasteiger partial charge < -0.3 is 0 Å². The fraction of sp³-hybridized carbons (Fsp3) is 0.167. The van der Waals surface area contributed by atoms with E-state index in [9.17, 15) is 8.78 Å². The molecule has 5 heteroatoms. The van der Waals surface area contributed by atoms with Crippen molar-refractivity contribution in [2.75, 3.05) is 0 Å². The molecule has 0 N–H and O–H groups in total. The van der Waals surface area contributed by atoms with Crippen molar-refractivity contribution in [2.45, 2.75) is 26.2 Å². The molecule has 0 bridgehead atoms. The van der Waals surface area contributed by atoms with E-state index in [-0.39, 0.29) is 0 Å². The van der Waals surface area contributed by atoms with E-state index < -0.39 is 34.5 Å². The van der Waals surface area contributed by atoms with Crippen LogP contribution in [-0.2, 0) is 34.5 Å². The van der Waals surface area contributed by atoms with Gasteiger partial charge in [0.25, 0.3) is 0 Å². The van der Waals surface area contributed by atoms with Gasteiger partial charge in [-0.2, -0.15) is 0 Å². The Morgan fingerprint density at radius 3 is 1.59 bits per heavy atom. The third kappa shape index (κ3) is 4.35. The van der Waals surface area contributed by atoms with Gasteiger partial charge in [0.05, 0.1) is 0 Å². The molecule has 2 aliphatic carbocycles. The number of alkyl halides is 2. The molecule has 2 nitrogen and oxygen atoms in total. The SMILES string of the molecule is FCc1cccc([O][Zr]([O]c2cccc(CF)c2)([C]2=CC=CC2)[C]2=CC=CC2)c1. The topological polar surface area (TPSA) is 18.5 Å². The van der Waals surface area contributed by atoms with Crippen LogP contribution in [0.1, 0.15) is 24.0 Å². The molecule has 0 saturated heterocycles. The Bertz CT molecular complexity index is 926. The van der Waals surface area contributed by atoms with Crippen molar-refractivity contribution < 1.29 is 35.6 Å². The Kier molecular flexibility index (Phi) is 6.25. The molecule has 2 aromatic carbocycles. The van der Waals surface area contributed by atoms with E-state index in [0.717, 1.165) is 19.4 Å². The summed E-state index contributed by atoms with van der Waals surface area (Å²) < 4.78 is 42.1. The predicted octanol–water partition coefficient (Wildman–Crippen LogP) is 6.75. The first-order valence-corrected chi connectivity index (χ1v) is 14.1. The molecule has 0 radical (unpaired) electrons. The summed E-state index contributed by atoms with van der Waals surface area (Å²) >= 11 is -4.12. The quantitative estimate of drug-likeness (QED) is 0.424. The van der Waals surface area contributed by atoms with E-state index in [1.165, 1.54) is 0 Å². The molecule has 0 amide bonds. The number of hydrogen-bond acceptors (Lipinski definition) is 2. The van der Waals surface area contributed by atoms with Crippen LogP contribution in [0.3, 0.4) is 0 Å². The molecule has 0 fully saturated rings. The summed E-state index contributed by atoms with van der Waals surface area (Å²) in [6.45, 7) is -1.10. The molecule has 0 aliphatic heterocycles. The monoisotopic (exact) mass is 470 g/mol. The van der Waals surface area contributed by atoms with Gasteiger partial charge in [0.15, 0.2) is 0 Å². The van der Waals surface area contributed by atoms with Crippen LogP contribution >= 0.6 is 0 Å². The minimum atomic E-state index is -4.12. The summed E-state index contributed by atoms with van der Waals surface area (Å²) in [7, 11) is 0. The second-order valence-electron chi connectivity index (χ2n) is 7.03. The van der Waals surface area contributed by atoms with Gasteiger partial charge in [0.1, 0.15) is 0 Å². The Hall–Kier alpha value is -2.26. The van der Waals surface area contributed by atoms with Crippen molar-refractivity contribution in [2.24, 2.45) is 0 Å². The van der Waals surface area contributed by atoms with Crippen molar-refractivity contribution in [1.29, 1.82) is 0 Å².